The van der Waals surface area contributed by atoms with Gasteiger partial charge in [-0.25, -0.2) is 0 Å². The molecule has 2 heterocycles. The highest BCUT2D eigenvalue weighted by Crippen LogP contribution is 2.32. The van der Waals surface area contributed by atoms with E-state index in [2.05, 4.69) is 107 Å². The van der Waals surface area contributed by atoms with E-state index < -0.39 is 0 Å². The maximum Gasteiger partial charge on any atom is 0.169 e. The van der Waals surface area contributed by atoms with Crippen LogP contribution in [0.1, 0.15) is 11.1 Å². The third kappa shape index (κ3) is 2.59. The molecule has 0 unspecified atom stereocenters. The molecule has 0 bridgehead atoms. The zero-order valence-corrected chi connectivity index (χ0v) is 15.3. The Hall–Kier alpha value is -3.46. The Bertz CT molecular complexity index is 1260. The number of aromatic nitrogens is 3. The van der Waals surface area contributed by atoms with Crippen molar-refractivity contribution in [2.45, 2.75) is 13.8 Å². The number of hydrogen-bond donors (Lipinski definition) is 0. The fourth-order valence-corrected chi connectivity index (χ4v) is 3.57. The van der Waals surface area contributed by atoms with Gasteiger partial charge in [0.1, 0.15) is 0 Å². The molecule has 0 aliphatic rings. The van der Waals surface area contributed by atoms with Gasteiger partial charge >= 0.3 is 0 Å². The van der Waals surface area contributed by atoms with E-state index in [0.717, 1.165) is 22.4 Å². The molecule has 0 amide bonds. The third-order valence-electron chi connectivity index (χ3n) is 5.08. The van der Waals surface area contributed by atoms with Gasteiger partial charge in [0.25, 0.3) is 0 Å². The van der Waals surface area contributed by atoms with Crippen molar-refractivity contribution in [1.29, 1.82) is 0 Å². The lowest BCUT2D eigenvalue weighted by molar-refractivity contribution is 1.11. The van der Waals surface area contributed by atoms with Crippen LogP contribution in [0.3, 0.4) is 0 Å². The van der Waals surface area contributed by atoms with Crippen LogP contribution in [0.2, 0.25) is 0 Å². The lowest BCUT2D eigenvalue weighted by Gasteiger charge is -2.10. The molecule has 0 spiro atoms. The van der Waals surface area contributed by atoms with E-state index in [-0.39, 0.29) is 0 Å². The molecule has 130 valence electrons. The molecule has 2 aromatic heterocycles. The Balaban J connectivity index is 1.84. The largest absolute Gasteiger partial charge is 0.281 e. The smallest absolute Gasteiger partial charge is 0.169 e. The van der Waals surface area contributed by atoms with Crippen LogP contribution < -0.4 is 0 Å². The van der Waals surface area contributed by atoms with Crippen molar-refractivity contribution < 1.29 is 0 Å². The van der Waals surface area contributed by atoms with Crippen LogP contribution in [0.25, 0.3) is 38.9 Å². The zero-order valence-electron chi connectivity index (χ0n) is 15.3. The van der Waals surface area contributed by atoms with Crippen LogP contribution >= 0.6 is 0 Å². The van der Waals surface area contributed by atoms with Crippen LogP contribution in [-0.2, 0) is 0 Å². The molecule has 0 saturated heterocycles. The number of rotatable bonds is 2. The van der Waals surface area contributed by atoms with Crippen LogP contribution in [0.4, 0.5) is 0 Å². The molecule has 27 heavy (non-hydrogen) atoms. The van der Waals surface area contributed by atoms with Gasteiger partial charge in [0, 0.05) is 22.7 Å². The summed E-state index contributed by atoms with van der Waals surface area (Å²) in [5.74, 6) is 0.865. The van der Waals surface area contributed by atoms with Crippen molar-refractivity contribution in [3.05, 3.63) is 90.1 Å². The van der Waals surface area contributed by atoms with Crippen molar-refractivity contribution in [3.8, 4) is 22.5 Å². The van der Waals surface area contributed by atoms with Crippen molar-refractivity contribution in [2.24, 2.45) is 0 Å². The summed E-state index contributed by atoms with van der Waals surface area (Å²) in [6.07, 6.45) is 2.16. The number of nitrogens with zero attached hydrogens (tertiary/aromatic N) is 3. The zero-order chi connectivity index (χ0) is 18.4. The van der Waals surface area contributed by atoms with Crippen molar-refractivity contribution in [2.75, 3.05) is 0 Å². The van der Waals surface area contributed by atoms with E-state index in [4.69, 9.17) is 0 Å². The molecule has 3 heteroatoms. The van der Waals surface area contributed by atoms with E-state index in [9.17, 15) is 0 Å². The summed E-state index contributed by atoms with van der Waals surface area (Å²) in [6.45, 7) is 4.20. The molecule has 5 aromatic rings. The Kier molecular flexibility index (Phi) is 3.54. The normalized spacial score (nSPS) is 11.3. The van der Waals surface area contributed by atoms with Gasteiger partial charge in [0.05, 0.1) is 0 Å². The SMILES string of the molecule is Cc1ccc(-c2cn3c(-c4ccc(C)cc4)nnc3c3ccccc23)cc1. The molecular formula is C24H19N3. The highest BCUT2D eigenvalue weighted by molar-refractivity contribution is 6.03. The highest BCUT2D eigenvalue weighted by Gasteiger charge is 2.14. The first-order valence-corrected chi connectivity index (χ1v) is 9.11. The maximum atomic E-state index is 4.51. The van der Waals surface area contributed by atoms with E-state index in [0.29, 0.717) is 0 Å². The average molecular weight is 349 g/mol. The number of pyridine rings is 1. The molecular weight excluding hydrogens is 330 g/mol. The van der Waals surface area contributed by atoms with Crippen LogP contribution in [0, 0.1) is 13.8 Å². The van der Waals surface area contributed by atoms with Crippen molar-refractivity contribution in [3.63, 3.8) is 0 Å². The predicted molar refractivity (Wildman–Crippen MR) is 111 cm³/mol. The Morgan fingerprint density at radius 2 is 1.22 bits per heavy atom. The monoisotopic (exact) mass is 349 g/mol. The lowest BCUT2D eigenvalue weighted by atomic mass is 9.99. The summed E-state index contributed by atoms with van der Waals surface area (Å²) in [6, 6.07) is 25.5. The molecule has 5 rings (SSSR count). The predicted octanol–water partition coefficient (Wildman–Crippen LogP) is 5.83. The molecule has 0 aliphatic carbocycles. The summed E-state index contributed by atoms with van der Waals surface area (Å²) >= 11 is 0. The number of aryl methyl sites for hydroxylation is 2. The van der Waals surface area contributed by atoms with Crippen LogP contribution in [0.5, 0.6) is 0 Å². The van der Waals surface area contributed by atoms with Gasteiger partial charge in [-0.2, -0.15) is 0 Å². The number of benzene rings is 3. The Morgan fingerprint density at radius 1 is 0.630 bits per heavy atom. The topological polar surface area (TPSA) is 30.2 Å². The van der Waals surface area contributed by atoms with E-state index >= 15 is 0 Å². The van der Waals surface area contributed by atoms with Gasteiger partial charge in [-0.05, 0) is 24.8 Å². The minimum Gasteiger partial charge on any atom is -0.281 e. The van der Waals surface area contributed by atoms with E-state index in [1.807, 2.05) is 0 Å². The maximum absolute atomic E-state index is 4.51. The molecule has 3 nitrogen and oxygen atoms in total. The number of fused-ring (bicyclic) bond motifs is 3. The fraction of sp³-hybridized carbons (Fsp3) is 0.0833. The molecule has 3 aromatic carbocycles. The summed E-state index contributed by atoms with van der Waals surface area (Å²) in [7, 11) is 0. The van der Waals surface area contributed by atoms with Crippen molar-refractivity contribution in [1.82, 2.24) is 14.6 Å². The molecule has 0 N–H and O–H groups in total. The van der Waals surface area contributed by atoms with Gasteiger partial charge in [-0.3, -0.25) is 4.40 Å². The first kappa shape index (κ1) is 15.8. The van der Waals surface area contributed by atoms with Crippen LogP contribution in [0.15, 0.2) is 79.0 Å². The highest BCUT2D eigenvalue weighted by atomic mass is 15.2. The lowest BCUT2D eigenvalue weighted by Crippen LogP contribution is -1.93. The fourth-order valence-electron chi connectivity index (χ4n) is 3.57. The summed E-state index contributed by atoms with van der Waals surface area (Å²) < 4.78 is 2.11. The Morgan fingerprint density at radius 3 is 1.89 bits per heavy atom. The van der Waals surface area contributed by atoms with Gasteiger partial charge in [0.15, 0.2) is 11.5 Å². The third-order valence-corrected chi connectivity index (χ3v) is 5.08. The van der Waals surface area contributed by atoms with Gasteiger partial charge in [0.2, 0.25) is 0 Å². The van der Waals surface area contributed by atoms with E-state index in [1.54, 1.807) is 0 Å². The second kappa shape index (κ2) is 6.06. The summed E-state index contributed by atoms with van der Waals surface area (Å²) in [5.41, 5.74) is 6.83. The van der Waals surface area contributed by atoms with Crippen LogP contribution in [-0.4, -0.2) is 14.6 Å². The van der Waals surface area contributed by atoms with Gasteiger partial charge in [-0.1, -0.05) is 83.9 Å². The molecule has 0 atom stereocenters. The molecule has 0 fully saturated rings. The molecule has 0 saturated carbocycles. The minimum atomic E-state index is 0.865. The first-order valence-electron chi connectivity index (χ1n) is 9.11. The summed E-state index contributed by atoms with van der Waals surface area (Å²) in [4.78, 5) is 0. The quantitative estimate of drug-likeness (QED) is 0.401. The summed E-state index contributed by atoms with van der Waals surface area (Å²) in [5, 5.41) is 11.3. The number of hydrogen-bond acceptors (Lipinski definition) is 2. The van der Waals surface area contributed by atoms with Crippen molar-refractivity contribution >= 4 is 16.4 Å². The second-order valence-corrected chi connectivity index (χ2v) is 7.04. The van der Waals surface area contributed by atoms with Gasteiger partial charge in [-0.15, -0.1) is 10.2 Å². The standard InChI is InChI=1S/C24H19N3/c1-16-7-11-18(12-8-16)22-15-27-23(19-13-9-17(2)10-14-19)25-26-24(27)21-6-4-3-5-20(21)22/h3-15H,1-2H3. The minimum absolute atomic E-state index is 0.865. The second-order valence-electron chi connectivity index (χ2n) is 7.04. The van der Waals surface area contributed by atoms with Gasteiger partial charge < -0.3 is 0 Å². The molecule has 0 aliphatic heterocycles. The molecule has 0 radical (unpaired) electrons. The first-order chi connectivity index (χ1) is 13.2. The average Bonchev–Trinajstić information content (AvgIpc) is 3.13. The van der Waals surface area contributed by atoms with E-state index in [1.165, 1.54) is 27.6 Å². The Labute approximate surface area is 157 Å².